The summed E-state index contributed by atoms with van der Waals surface area (Å²) in [6, 6.07) is 0. The first-order valence-corrected chi connectivity index (χ1v) is 31.5. The highest BCUT2D eigenvalue weighted by atomic mass is 16.6. The van der Waals surface area contributed by atoms with Gasteiger partial charge in [-0.3, -0.25) is 14.4 Å². The molecule has 0 fully saturated rings. The van der Waals surface area contributed by atoms with E-state index >= 15 is 0 Å². The summed E-state index contributed by atoms with van der Waals surface area (Å²) in [7, 11) is 0. The third-order valence-corrected chi connectivity index (χ3v) is 13.2. The van der Waals surface area contributed by atoms with Gasteiger partial charge in [0.2, 0.25) is 0 Å². The van der Waals surface area contributed by atoms with E-state index in [1.165, 1.54) is 96.3 Å². The summed E-state index contributed by atoms with van der Waals surface area (Å²) >= 11 is 0. The average Bonchev–Trinajstić information content (AvgIpc) is 3.42. The summed E-state index contributed by atoms with van der Waals surface area (Å²) in [5.41, 5.74) is 0. The number of carbonyl (C=O) groups is 3. The zero-order chi connectivity index (χ0) is 55.0. The number of hydrogen-bond acceptors (Lipinski definition) is 6. The van der Waals surface area contributed by atoms with Crippen LogP contribution in [0, 0.1) is 0 Å². The molecule has 0 aromatic heterocycles. The van der Waals surface area contributed by atoms with Gasteiger partial charge in [-0.15, -0.1) is 0 Å². The summed E-state index contributed by atoms with van der Waals surface area (Å²) in [6.07, 6.45) is 87.8. The second-order valence-electron chi connectivity index (χ2n) is 20.6. The van der Waals surface area contributed by atoms with Crippen molar-refractivity contribution in [3.63, 3.8) is 0 Å². The maximum Gasteiger partial charge on any atom is 0.306 e. The number of hydrogen-bond donors (Lipinski definition) is 0. The molecule has 6 nitrogen and oxygen atoms in total. The molecule has 0 heterocycles. The number of allylic oxidation sites excluding steroid dienone is 20. The van der Waals surface area contributed by atoms with Crippen molar-refractivity contribution >= 4 is 17.9 Å². The largest absolute Gasteiger partial charge is 0.462 e. The molecular formula is C70H116O6. The predicted octanol–water partition coefficient (Wildman–Crippen LogP) is 21.6. The number of esters is 3. The topological polar surface area (TPSA) is 78.9 Å². The first-order chi connectivity index (χ1) is 37.5. The van der Waals surface area contributed by atoms with Crippen LogP contribution >= 0.6 is 0 Å². The Balaban J connectivity index is 4.27. The zero-order valence-electron chi connectivity index (χ0n) is 49.5. The van der Waals surface area contributed by atoms with E-state index < -0.39 is 6.10 Å². The number of ether oxygens (including phenoxy) is 3. The Bertz CT molecular complexity index is 1590. The Morgan fingerprint density at radius 3 is 0.855 bits per heavy atom. The van der Waals surface area contributed by atoms with Gasteiger partial charge in [0.15, 0.2) is 6.10 Å². The highest BCUT2D eigenvalue weighted by Gasteiger charge is 2.19. The van der Waals surface area contributed by atoms with E-state index in [-0.39, 0.29) is 31.1 Å². The van der Waals surface area contributed by atoms with Crippen LogP contribution in [0.4, 0.5) is 0 Å². The standard InChI is InChI=1S/C70H116O6/c1-4-7-10-13-16-19-22-24-26-28-29-30-31-32-33-34-35-36-37-38-39-40-41-42-44-45-48-51-54-57-60-63-69(72)75-66-67(65-74-68(71)62-59-56-53-50-47-21-18-15-12-9-6-3)76-70(73)64-61-58-55-52-49-46-43-27-25-23-20-17-14-11-8-5-2/h7,10,15-16,18-20,23-24,26-27,29-30,32-33,35-36,38-39,43,67H,4-6,8-9,11-14,17,21-22,25,28,31,34,37,40-42,44-66H2,1-3H3/b10-7-,18-15-,19-16-,23-20-,26-24-,30-29-,33-32-,36-35-,39-38-,43-27-. The van der Waals surface area contributed by atoms with Crippen LogP contribution in [0.15, 0.2) is 122 Å². The first-order valence-electron chi connectivity index (χ1n) is 31.5. The summed E-state index contributed by atoms with van der Waals surface area (Å²) in [6.45, 7) is 6.45. The van der Waals surface area contributed by atoms with Gasteiger partial charge >= 0.3 is 17.9 Å². The summed E-state index contributed by atoms with van der Waals surface area (Å²) < 4.78 is 16.9. The molecule has 76 heavy (non-hydrogen) atoms. The van der Waals surface area contributed by atoms with Crippen molar-refractivity contribution in [1.29, 1.82) is 0 Å². The van der Waals surface area contributed by atoms with E-state index in [0.717, 1.165) is 148 Å². The quantitative estimate of drug-likeness (QED) is 0.0261. The molecule has 0 aromatic rings. The van der Waals surface area contributed by atoms with E-state index in [2.05, 4.69) is 142 Å². The Hall–Kier alpha value is -4.19. The van der Waals surface area contributed by atoms with Crippen LogP contribution < -0.4 is 0 Å². The second kappa shape index (κ2) is 63.3. The molecule has 0 amide bonds. The molecule has 0 N–H and O–H groups in total. The molecule has 0 aliphatic heterocycles. The van der Waals surface area contributed by atoms with Crippen molar-refractivity contribution in [2.45, 2.75) is 290 Å². The lowest BCUT2D eigenvalue weighted by Crippen LogP contribution is -2.30. The number of rotatable bonds is 56. The fourth-order valence-corrected chi connectivity index (χ4v) is 8.43. The molecule has 432 valence electrons. The van der Waals surface area contributed by atoms with Crippen molar-refractivity contribution in [3.8, 4) is 0 Å². The van der Waals surface area contributed by atoms with Gasteiger partial charge in [-0.25, -0.2) is 0 Å². The van der Waals surface area contributed by atoms with Crippen molar-refractivity contribution in [2.75, 3.05) is 13.2 Å². The highest BCUT2D eigenvalue weighted by molar-refractivity contribution is 5.71. The van der Waals surface area contributed by atoms with Gasteiger partial charge in [-0.05, 0) is 128 Å². The maximum atomic E-state index is 12.9. The average molecular weight is 1050 g/mol. The van der Waals surface area contributed by atoms with Crippen molar-refractivity contribution in [2.24, 2.45) is 0 Å². The van der Waals surface area contributed by atoms with Gasteiger partial charge < -0.3 is 14.2 Å². The molecule has 0 saturated heterocycles. The van der Waals surface area contributed by atoms with Gasteiger partial charge in [-0.1, -0.05) is 258 Å². The maximum absolute atomic E-state index is 12.9. The highest BCUT2D eigenvalue weighted by Crippen LogP contribution is 2.15. The van der Waals surface area contributed by atoms with Crippen molar-refractivity contribution < 1.29 is 28.6 Å². The van der Waals surface area contributed by atoms with Crippen LogP contribution in [0.2, 0.25) is 0 Å². The van der Waals surface area contributed by atoms with Gasteiger partial charge in [-0.2, -0.15) is 0 Å². The lowest BCUT2D eigenvalue weighted by atomic mass is 10.1. The Morgan fingerprint density at radius 2 is 0.526 bits per heavy atom. The molecule has 0 bridgehead atoms. The fraction of sp³-hybridized carbons (Fsp3) is 0.671. The van der Waals surface area contributed by atoms with Crippen molar-refractivity contribution in [3.05, 3.63) is 122 Å². The van der Waals surface area contributed by atoms with E-state index in [0.29, 0.717) is 19.3 Å². The minimum Gasteiger partial charge on any atom is -0.462 e. The van der Waals surface area contributed by atoms with E-state index in [1.54, 1.807) is 0 Å². The van der Waals surface area contributed by atoms with E-state index in [9.17, 15) is 14.4 Å². The van der Waals surface area contributed by atoms with Gasteiger partial charge in [0.05, 0.1) is 0 Å². The van der Waals surface area contributed by atoms with Crippen LogP contribution in [0.3, 0.4) is 0 Å². The van der Waals surface area contributed by atoms with E-state index in [4.69, 9.17) is 14.2 Å². The summed E-state index contributed by atoms with van der Waals surface area (Å²) in [5, 5.41) is 0. The number of carbonyl (C=O) groups excluding carboxylic acids is 3. The van der Waals surface area contributed by atoms with E-state index in [1.807, 2.05) is 0 Å². The minimum absolute atomic E-state index is 0.0910. The van der Waals surface area contributed by atoms with Crippen LogP contribution in [0.25, 0.3) is 0 Å². The molecule has 1 atom stereocenters. The molecule has 0 spiro atoms. The third kappa shape index (κ3) is 60.7. The van der Waals surface area contributed by atoms with Gasteiger partial charge in [0, 0.05) is 19.3 Å². The van der Waals surface area contributed by atoms with Crippen LogP contribution in [-0.4, -0.2) is 37.2 Å². The molecular weight excluding hydrogens is 937 g/mol. The molecule has 0 aliphatic carbocycles. The molecule has 0 radical (unpaired) electrons. The number of unbranched alkanes of at least 4 members (excludes halogenated alkanes) is 25. The summed E-state index contributed by atoms with van der Waals surface area (Å²) in [5.74, 6) is -0.918. The Labute approximate surface area is 469 Å². The monoisotopic (exact) mass is 1050 g/mol. The second-order valence-corrected chi connectivity index (χ2v) is 20.6. The third-order valence-electron chi connectivity index (χ3n) is 13.2. The zero-order valence-corrected chi connectivity index (χ0v) is 49.5. The molecule has 0 rings (SSSR count). The van der Waals surface area contributed by atoms with Crippen LogP contribution in [0.5, 0.6) is 0 Å². The fourth-order valence-electron chi connectivity index (χ4n) is 8.43. The van der Waals surface area contributed by atoms with Crippen LogP contribution in [-0.2, 0) is 28.6 Å². The lowest BCUT2D eigenvalue weighted by Gasteiger charge is -2.18. The molecule has 0 saturated carbocycles. The predicted molar refractivity (Wildman–Crippen MR) is 330 cm³/mol. The molecule has 0 aromatic carbocycles. The molecule has 0 aliphatic rings. The Kier molecular flexibility index (Phi) is 59.9. The lowest BCUT2D eigenvalue weighted by molar-refractivity contribution is -0.167. The van der Waals surface area contributed by atoms with Gasteiger partial charge in [0.25, 0.3) is 0 Å². The van der Waals surface area contributed by atoms with Gasteiger partial charge in [0.1, 0.15) is 13.2 Å². The van der Waals surface area contributed by atoms with Crippen LogP contribution in [0.1, 0.15) is 284 Å². The smallest absolute Gasteiger partial charge is 0.306 e. The van der Waals surface area contributed by atoms with Crippen molar-refractivity contribution in [1.82, 2.24) is 0 Å². The molecule has 1 unspecified atom stereocenters. The minimum atomic E-state index is -0.794. The molecule has 6 heteroatoms. The SMILES string of the molecule is CC/C=C\C/C=C\C/C=C\C/C=C\C/C=C\C/C=C\C/C=C\CCCCCCCCCCCC(=O)OCC(COC(=O)CCCCCCC/C=C\CCCC)OC(=O)CCCCCCC/C=C\C/C=C\CCCCCC. The normalized spacial score (nSPS) is 12.9. The first kappa shape index (κ1) is 71.8. The Morgan fingerprint density at radius 1 is 0.276 bits per heavy atom. The summed E-state index contributed by atoms with van der Waals surface area (Å²) in [4.78, 5) is 38.2.